The van der Waals surface area contributed by atoms with E-state index in [1.54, 1.807) is 6.20 Å². The number of aromatic nitrogens is 2. The van der Waals surface area contributed by atoms with Crippen molar-refractivity contribution in [3.8, 4) is 11.1 Å². The van der Waals surface area contributed by atoms with Crippen LogP contribution >= 0.6 is 15.9 Å². The summed E-state index contributed by atoms with van der Waals surface area (Å²) in [6, 6.07) is 9.24. The van der Waals surface area contributed by atoms with Crippen LogP contribution in [0.5, 0.6) is 0 Å². The SMILES string of the molecule is O=c1cc(-c2ccc(Br)cc2)cn[nH]1. The lowest BCUT2D eigenvalue weighted by Crippen LogP contribution is -2.05. The Morgan fingerprint density at radius 2 is 1.86 bits per heavy atom. The molecule has 0 radical (unpaired) electrons. The molecule has 70 valence electrons. The first-order valence-corrected chi connectivity index (χ1v) is 4.86. The minimum Gasteiger partial charge on any atom is -0.268 e. The van der Waals surface area contributed by atoms with Crippen molar-refractivity contribution < 1.29 is 0 Å². The Morgan fingerprint density at radius 1 is 1.14 bits per heavy atom. The normalized spacial score (nSPS) is 10.1. The number of benzene rings is 1. The summed E-state index contributed by atoms with van der Waals surface area (Å²) in [5.74, 6) is 0. The van der Waals surface area contributed by atoms with Gasteiger partial charge >= 0.3 is 0 Å². The van der Waals surface area contributed by atoms with Gasteiger partial charge in [-0.15, -0.1) is 0 Å². The third-order valence-electron chi connectivity index (χ3n) is 1.84. The van der Waals surface area contributed by atoms with E-state index in [0.717, 1.165) is 15.6 Å². The Balaban J connectivity index is 2.50. The fourth-order valence-electron chi connectivity index (χ4n) is 1.18. The van der Waals surface area contributed by atoms with Gasteiger partial charge in [-0.2, -0.15) is 5.10 Å². The summed E-state index contributed by atoms with van der Waals surface area (Å²) in [7, 11) is 0. The third-order valence-corrected chi connectivity index (χ3v) is 2.37. The lowest BCUT2D eigenvalue weighted by Gasteiger charge is -1.99. The van der Waals surface area contributed by atoms with Gasteiger partial charge in [-0.3, -0.25) is 4.79 Å². The molecular weight excluding hydrogens is 244 g/mol. The van der Waals surface area contributed by atoms with Crippen molar-refractivity contribution in [1.82, 2.24) is 10.2 Å². The molecule has 0 fully saturated rings. The number of nitrogens with zero attached hydrogens (tertiary/aromatic N) is 1. The summed E-state index contributed by atoms with van der Waals surface area (Å²) < 4.78 is 1.01. The highest BCUT2D eigenvalue weighted by molar-refractivity contribution is 9.10. The molecule has 0 amide bonds. The largest absolute Gasteiger partial charge is 0.268 e. The van der Waals surface area contributed by atoms with E-state index in [0.29, 0.717) is 0 Å². The fraction of sp³-hybridized carbons (Fsp3) is 0. The fourth-order valence-corrected chi connectivity index (χ4v) is 1.44. The summed E-state index contributed by atoms with van der Waals surface area (Å²) in [5.41, 5.74) is 1.61. The van der Waals surface area contributed by atoms with E-state index in [-0.39, 0.29) is 5.56 Å². The second kappa shape index (κ2) is 3.75. The highest BCUT2D eigenvalue weighted by Gasteiger charge is 1.97. The maximum atomic E-state index is 11.0. The van der Waals surface area contributed by atoms with Crippen LogP contribution in [0.4, 0.5) is 0 Å². The second-order valence-corrected chi connectivity index (χ2v) is 3.76. The highest BCUT2D eigenvalue weighted by atomic mass is 79.9. The summed E-state index contributed by atoms with van der Waals surface area (Å²) >= 11 is 3.35. The molecule has 2 rings (SSSR count). The topological polar surface area (TPSA) is 45.8 Å². The lowest BCUT2D eigenvalue weighted by molar-refractivity contribution is 0.991. The van der Waals surface area contributed by atoms with E-state index in [1.165, 1.54) is 6.07 Å². The minimum absolute atomic E-state index is 0.189. The van der Waals surface area contributed by atoms with Gasteiger partial charge in [0.2, 0.25) is 0 Å². The Morgan fingerprint density at radius 3 is 2.50 bits per heavy atom. The molecule has 2 aromatic rings. The Kier molecular flexibility index (Phi) is 2.45. The molecule has 0 saturated heterocycles. The van der Waals surface area contributed by atoms with Gasteiger partial charge in [-0.25, -0.2) is 5.10 Å². The van der Waals surface area contributed by atoms with Crippen LogP contribution in [0.2, 0.25) is 0 Å². The zero-order valence-electron chi connectivity index (χ0n) is 7.20. The molecule has 0 spiro atoms. The van der Waals surface area contributed by atoms with Crippen molar-refractivity contribution in [3.63, 3.8) is 0 Å². The van der Waals surface area contributed by atoms with Gasteiger partial charge < -0.3 is 0 Å². The minimum atomic E-state index is -0.189. The zero-order chi connectivity index (χ0) is 9.97. The first kappa shape index (κ1) is 9.15. The molecular formula is C10H7BrN2O. The lowest BCUT2D eigenvalue weighted by atomic mass is 10.1. The molecule has 0 unspecified atom stereocenters. The third kappa shape index (κ3) is 1.90. The van der Waals surface area contributed by atoms with Crippen LogP contribution in [0.3, 0.4) is 0 Å². The highest BCUT2D eigenvalue weighted by Crippen LogP contribution is 2.19. The van der Waals surface area contributed by atoms with E-state index >= 15 is 0 Å². The Bertz CT molecular complexity index is 490. The molecule has 0 aliphatic rings. The molecule has 14 heavy (non-hydrogen) atoms. The smallest absolute Gasteiger partial charge is 0.264 e. The monoisotopic (exact) mass is 250 g/mol. The standard InChI is InChI=1S/C10H7BrN2O/c11-9-3-1-7(2-4-9)8-5-10(14)13-12-6-8/h1-6H,(H,13,14). The Labute approximate surface area is 88.9 Å². The number of nitrogens with one attached hydrogen (secondary N) is 1. The average molecular weight is 251 g/mol. The molecule has 1 heterocycles. The second-order valence-electron chi connectivity index (χ2n) is 2.84. The predicted molar refractivity (Wildman–Crippen MR) is 58.0 cm³/mol. The van der Waals surface area contributed by atoms with Crippen LogP contribution in [0.25, 0.3) is 11.1 Å². The van der Waals surface area contributed by atoms with Gasteiger partial charge in [0.25, 0.3) is 5.56 Å². The van der Waals surface area contributed by atoms with Crippen molar-refractivity contribution >= 4 is 15.9 Å². The summed E-state index contributed by atoms with van der Waals surface area (Å²) in [6.45, 7) is 0. The van der Waals surface area contributed by atoms with Gasteiger partial charge in [0.05, 0.1) is 6.20 Å². The van der Waals surface area contributed by atoms with Crippen molar-refractivity contribution in [1.29, 1.82) is 0 Å². The van der Waals surface area contributed by atoms with Gasteiger partial charge in [-0.1, -0.05) is 28.1 Å². The molecule has 4 heteroatoms. The van der Waals surface area contributed by atoms with Crippen LogP contribution in [0.15, 0.2) is 45.8 Å². The number of hydrogen-bond donors (Lipinski definition) is 1. The molecule has 1 N–H and O–H groups in total. The van der Waals surface area contributed by atoms with Crippen molar-refractivity contribution in [2.75, 3.05) is 0 Å². The van der Waals surface area contributed by atoms with Crippen LogP contribution in [-0.2, 0) is 0 Å². The number of hydrogen-bond acceptors (Lipinski definition) is 2. The van der Waals surface area contributed by atoms with Crippen LogP contribution in [0, 0.1) is 0 Å². The van der Waals surface area contributed by atoms with E-state index in [9.17, 15) is 4.79 Å². The van der Waals surface area contributed by atoms with Gasteiger partial charge in [0, 0.05) is 16.1 Å². The van der Waals surface area contributed by atoms with E-state index in [4.69, 9.17) is 0 Å². The molecule has 0 aliphatic carbocycles. The predicted octanol–water partition coefficient (Wildman–Crippen LogP) is 2.20. The van der Waals surface area contributed by atoms with Gasteiger partial charge in [0.15, 0.2) is 0 Å². The molecule has 0 bridgehead atoms. The van der Waals surface area contributed by atoms with Crippen molar-refractivity contribution in [2.24, 2.45) is 0 Å². The summed E-state index contributed by atoms with van der Waals surface area (Å²) in [4.78, 5) is 11.0. The molecule has 1 aromatic heterocycles. The van der Waals surface area contributed by atoms with Crippen LogP contribution in [-0.4, -0.2) is 10.2 Å². The van der Waals surface area contributed by atoms with Crippen molar-refractivity contribution in [2.45, 2.75) is 0 Å². The van der Waals surface area contributed by atoms with Gasteiger partial charge in [-0.05, 0) is 17.7 Å². The maximum absolute atomic E-state index is 11.0. The van der Waals surface area contributed by atoms with Gasteiger partial charge in [0.1, 0.15) is 0 Å². The maximum Gasteiger partial charge on any atom is 0.264 e. The first-order chi connectivity index (χ1) is 6.75. The molecule has 0 aliphatic heterocycles. The number of aromatic amines is 1. The number of H-pyrrole nitrogens is 1. The molecule has 0 atom stereocenters. The molecule has 3 nitrogen and oxygen atoms in total. The zero-order valence-corrected chi connectivity index (χ0v) is 8.78. The average Bonchev–Trinajstić information content (AvgIpc) is 2.19. The van der Waals surface area contributed by atoms with E-state index in [1.807, 2.05) is 24.3 Å². The first-order valence-electron chi connectivity index (χ1n) is 4.06. The summed E-state index contributed by atoms with van der Waals surface area (Å²) in [5, 5.41) is 6.07. The van der Waals surface area contributed by atoms with E-state index < -0.39 is 0 Å². The number of halogens is 1. The van der Waals surface area contributed by atoms with Crippen LogP contribution < -0.4 is 5.56 Å². The summed E-state index contributed by atoms with van der Waals surface area (Å²) in [6.07, 6.45) is 1.63. The quantitative estimate of drug-likeness (QED) is 0.844. The van der Waals surface area contributed by atoms with E-state index in [2.05, 4.69) is 26.1 Å². The number of rotatable bonds is 1. The van der Waals surface area contributed by atoms with Crippen molar-refractivity contribution in [3.05, 3.63) is 51.4 Å². The molecule has 1 aromatic carbocycles. The Hall–Kier alpha value is -1.42. The van der Waals surface area contributed by atoms with Crippen LogP contribution in [0.1, 0.15) is 0 Å². The molecule has 0 saturated carbocycles.